The number of para-hydroxylation sites is 2. The van der Waals surface area contributed by atoms with Gasteiger partial charge < -0.3 is 25.2 Å². The Morgan fingerprint density at radius 1 is 1.06 bits per heavy atom. The fraction of sp³-hybridized carbons (Fsp3) is 0.333. The van der Waals surface area contributed by atoms with Gasteiger partial charge in [0.25, 0.3) is 0 Å². The van der Waals surface area contributed by atoms with Crippen molar-refractivity contribution in [2.75, 3.05) is 51.3 Å². The number of hydrogen-bond acceptors (Lipinski definition) is 4. The molecule has 0 bridgehead atoms. The highest BCUT2D eigenvalue weighted by Gasteiger charge is 2.21. The molecule has 0 atom stereocenters. The zero-order valence-corrected chi connectivity index (χ0v) is 18.1. The summed E-state index contributed by atoms with van der Waals surface area (Å²) < 4.78 is 5.69. The predicted molar refractivity (Wildman–Crippen MR) is 126 cm³/mol. The SMILES string of the molecule is C=CCOc1ccccc1CNC(=NC)NCC(=O)N1CCN(c2ccccc2)CC1. The molecule has 2 N–H and O–H groups in total. The van der Waals surface area contributed by atoms with Gasteiger partial charge >= 0.3 is 0 Å². The Balaban J connectivity index is 1.44. The summed E-state index contributed by atoms with van der Waals surface area (Å²) in [5, 5.41) is 6.36. The minimum absolute atomic E-state index is 0.0744. The highest BCUT2D eigenvalue weighted by atomic mass is 16.5. The molecule has 0 spiro atoms. The monoisotopic (exact) mass is 421 g/mol. The molecule has 2 aromatic carbocycles. The van der Waals surface area contributed by atoms with E-state index in [4.69, 9.17) is 4.74 Å². The van der Waals surface area contributed by atoms with Gasteiger partial charge in [-0.3, -0.25) is 9.79 Å². The van der Waals surface area contributed by atoms with E-state index in [1.54, 1.807) is 13.1 Å². The zero-order chi connectivity index (χ0) is 21.9. The zero-order valence-electron chi connectivity index (χ0n) is 18.1. The van der Waals surface area contributed by atoms with Crippen molar-refractivity contribution in [3.63, 3.8) is 0 Å². The summed E-state index contributed by atoms with van der Waals surface area (Å²) in [6, 6.07) is 18.1. The van der Waals surface area contributed by atoms with Crippen LogP contribution in [0.3, 0.4) is 0 Å². The third kappa shape index (κ3) is 6.50. The average Bonchev–Trinajstić information content (AvgIpc) is 2.84. The minimum Gasteiger partial charge on any atom is -0.489 e. The molecule has 1 aliphatic rings. The number of nitrogens with one attached hydrogen (secondary N) is 2. The summed E-state index contributed by atoms with van der Waals surface area (Å²) >= 11 is 0. The van der Waals surface area contributed by atoms with Gasteiger partial charge in [-0.2, -0.15) is 0 Å². The van der Waals surface area contributed by atoms with Gasteiger partial charge in [-0.1, -0.05) is 49.1 Å². The molecular weight excluding hydrogens is 390 g/mol. The smallest absolute Gasteiger partial charge is 0.242 e. The van der Waals surface area contributed by atoms with Gasteiger partial charge in [0.05, 0.1) is 6.54 Å². The van der Waals surface area contributed by atoms with E-state index in [0.29, 0.717) is 19.1 Å². The first-order chi connectivity index (χ1) is 15.2. The van der Waals surface area contributed by atoms with Crippen molar-refractivity contribution in [1.29, 1.82) is 0 Å². The fourth-order valence-corrected chi connectivity index (χ4v) is 3.46. The number of aliphatic imine (C=N–C) groups is 1. The van der Waals surface area contributed by atoms with Crippen molar-refractivity contribution in [2.24, 2.45) is 4.99 Å². The number of nitrogens with zero attached hydrogens (tertiary/aromatic N) is 3. The van der Waals surface area contributed by atoms with Crippen LogP contribution in [-0.2, 0) is 11.3 Å². The summed E-state index contributed by atoms with van der Waals surface area (Å²) in [7, 11) is 1.69. The molecular formula is C24H31N5O2. The van der Waals surface area contributed by atoms with Crippen molar-refractivity contribution >= 4 is 17.6 Å². The van der Waals surface area contributed by atoms with Crippen LogP contribution < -0.4 is 20.3 Å². The lowest BCUT2D eigenvalue weighted by atomic mass is 10.2. The van der Waals surface area contributed by atoms with Crippen LogP contribution in [-0.4, -0.2) is 63.1 Å². The maximum atomic E-state index is 12.6. The first-order valence-electron chi connectivity index (χ1n) is 10.5. The molecule has 164 valence electrons. The van der Waals surface area contributed by atoms with Crippen molar-refractivity contribution in [3.8, 4) is 5.75 Å². The Bertz CT molecular complexity index is 877. The largest absolute Gasteiger partial charge is 0.489 e. The maximum Gasteiger partial charge on any atom is 0.242 e. The normalized spacial score (nSPS) is 14.2. The van der Waals surface area contributed by atoms with Crippen LogP contribution in [0.2, 0.25) is 0 Å². The quantitative estimate of drug-likeness (QED) is 0.389. The fourth-order valence-electron chi connectivity index (χ4n) is 3.46. The van der Waals surface area contributed by atoms with E-state index in [0.717, 1.165) is 37.5 Å². The Hall–Kier alpha value is -3.48. The number of carbonyl (C=O) groups excluding carboxylic acids is 1. The molecule has 0 unspecified atom stereocenters. The number of piperazine rings is 1. The summed E-state index contributed by atoms with van der Waals surface area (Å²) in [4.78, 5) is 21.1. The number of ether oxygens (including phenoxy) is 1. The molecule has 1 amide bonds. The standard InChI is InChI=1S/C24H31N5O2/c1-3-17-31-22-12-8-7-9-20(22)18-26-24(25-2)27-19-23(30)29-15-13-28(14-16-29)21-10-5-4-6-11-21/h3-12H,1,13-19H2,2H3,(H2,25,26,27). The maximum absolute atomic E-state index is 12.6. The molecule has 0 aromatic heterocycles. The topological polar surface area (TPSA) is 69.2 Å². The summed E-state index contributed by atoms with van der Waals surface area (Å²) in [5.41, 5.74) is 2.21. The Morgan fingerprint density at radius 3 is 2.48 bits per heavy atom. The number of benzene rings is 2. The van der Waals surface area contributed by atoms with Gasteiger partial charge in [-0.15, -0.1) is 0 Å². The highest BCUT2D eigenvalue weighted by molar-refractivity contribution is 5.86. The Labute approximate surface area is 184 Å². The summed E-state index contributed by atoms with van der Waals surface area (Å²) in [6.07, 6.45) is 1.72. The number of guanidine groups is 1. The van der Waals surface area contributed by atoms with Gasteiger partial charge in [0.1, 0.15) is 12.4 Å². The molecule has 7 heteroatoms. The van der Waals surface area contributed by atoms with Crippen LogP contribution >= 0.6 is 0 Å². The minimum atomic E-state index is 0.0744. The van der Waals surface area contributed by atoms with Gasteiger partial charge in [0.15, 0.2) is 5.96 Å². The van der Waals surface area contributed by atoms with Crippen LogP contribution in [0.15, 0.2) is 72.2 Å². The second kappa shape index (κ2) is 11.6. The lowest BCUT2D eigenvalue weighted by molar-refractivity contribution is -0.130. The number of carbonyl (C=O) groups is 1. The van der Waals surface area contributed by atoms with Crippen LogP contribution in [0, 0.1) is 0 Å². The van der Waals surface area contributed by atoms with Crippen LogP contribution in [0.5, 0.6) is 5.75 Å². The van der Waals surface area contributed by atoms with E-state index < -0.39 is 0 Å². The molecule has 0 aliphatic carbocycles. The van der Waals surface area contributed by atoms with E-state index in [2.05, 4.69) is 39.2 Å². The molecule has 7 nitrogen and oxygen atoms in total. The van der Waals surface area contributed by atoms with Crippen molar-refractivity contribution in [2.45, 2.75) is 6.54 Å². The molecule has 0 radical (unpaired) electrons. The number of rotatable bonds is 8. The third-order valence-corrected chi connectivity index (χ3v) is 5.16. The first kappa shape index (κ1) is 22.2. The van der Waals surface area contributed by atoms with E-state index in [1.807, 2.05) is 47.4 Å². The molecule has 1 saturated heterocycles. The lowest BCUT2D eigenvalue weighted by Crippen LogP contribution is -2.52. The number of amides is 1. The van der Waals surface area contributed by atoms with Crippen LogP contribution in [0.4, 0.5) is 5.69 Å². The average molecular weight is 422 g/mol. The van der Waals surface area contributed by atoms with Crippen molar-refractivity contribution in [3.05, 3.63) is 72.8 Å². The Kier molecular flexibility index (Phi) is 8.34. The first-order valence-corrected chi connectivity index (χ1v) is 10.5. The molecule has 0 saturated carbocycles. The molecule has 1 aliphatic heterocycles. The Morgan fingerprint density at radius 2 is 1.77 bits per heavy atom. The molecule has 1 fully saturated rings. The van der Waals surface area contributed by atoms with Crippen LogP contribution in [0.1, 0.15) is 5.56 Å². The van der Waals surface area contributed by atoms with E-state index in [9.17, 15) is 4.79 Å². The molecule has 31 heavy (non-hydrogen) atoms. The summed E-state index contributed by atoms with van der Waals surface area (Å²) in [5.74, 6) is 1.46. The third-order valence-electron chi connectivity index (χ3n) is 5.16. The van der Waals surface area contributed by atoms with Crippen molar-refractivity contribution < 1.29 is 9.53 Å². The van der Waals surface area contributed by atoms with E-state index in [1.165, 1.54) is 5.69 Å². The van der Waals surface area contributed by atoms with E-state index >= 15 is 0 Å². The van der Waals surface area contributed by atoms with Gasteiger partial charge in [-0.25, -0.2) is 0 Å². The number of anilines is 1. The molecule has 1 heterocycles. The number of hydrogen-bond donors (Lipinski definition) is 2. The summed E-state index contributed by atoms with van der Waals surface area (Å²) in [6.45, 7) is 7.99. The highest BCUT2D eigenvalue weighted by Crippen LogP contribution is 2.18. The van der Waals surface area contributed by atoms with Gasteiger partial charge in [-0.05, 0) is 18.2 Å². The van der Waals surface area contributed by atoms with Gasteiger partial charge in [0, 0.05) is 51.0 Å². The molecule has 2 aromatic rings. The molecule has 3 rings (SSSR count). The van der Waals surface area contributed by atoms with Crippen LogP contribution in [0.25, 0.3) is 0 Å². The second-order valence-electron chi connectivity index (χ2n) is 7.19. The van der Waals surface area contributed by atoms with Gasteiger partial charge in [0.2, 0.25) is 5.91 Å². The second-order valence-corrected chi connectivity index (χ2v) is 7.19. The predicted octanol–water partition coefficient (Wildman–Crippen LogP) is 2.27. The lowest BCUT2D eigenvalue weighted by Gasteiger charge is -2.36. The van der Waals surface area contributed by atoms with Crippen molar-refractivity contribution in [1.82, 2.24) is 15.5 Å². The van der Waals surface area contributed by atoms with E-state index in [-0.39, 0.29) is 12.5 Å².